The Balaban J connectivity index is 2.79. The molecule has 1 rings (SSSR count). The molecule has 0 amide bonds. The van der Waals surface area contributed by atoms with Crippen molar-refractivity contribution in [3.05, 3.63) is 0 Å². The summed E-state index contributed by atoms with van der Waals surface area (Å²) < 4.78 is 28.2. The van der Waals surface area contributed by atoms with Crippen LogP contribution in [0, 0.1) is 11.3 Å². The van der Waals surface area contributed by atoms with Gasteiger partial charge in [0.2, 0.25) is 0 Å². The van der Waals surface area contributed by atoms with Crippen molar-refractivity contribution in [3.8, 4) is 0 Å². The van der Waals surface area contributed by atoms with E-state index in [2.05, 4.69) is 0 Å². The third-order valence-electron chi connectivity index (χ3n) is 3.58. The van der Waals surface area contributed by atoms with Crippen LogP contribution in [-0.2, 0) is 10.2 Å². The van der Waals surface area contributed by atoms with Gasteiger partial charge < -0.3 is 5.73 Å². The second kappa shape index (κ2) is 7.21. The highest BCUT2D eigenvalue weighted by Crippen LogP contribution is 2.17. The molecule has 0 spiro atoms. The molecule has 0 radical (unpaired) electrons. The van der Waals surface area contributed by atoms with E-state index in [0.29, 0.717) is 19.6 Å². The van der Waals surface area contributed by atoms with E-state index in [-0.39, 0.29) is 18.3 Å². The van der Waals surface area contributed by atoms with Gasteiger partial charge in [0.1, 0.15) is 0 Å². The summed E-state index contributed by atoms with van der Waals surface area (Å²) >= 11 is 0. The standard InChI is InChI=1S/C12H26N4O2S/c1-3-15(10-11(2)12(13)14)19(17,18)16-8-6-4-5-7-9-16/h11H,3-10H2,1-2H3,(H3,13,14). The smallest absolute Gasteiger partial charge is 0.281 e. The van der Waals surface area contributed by atoms with Crippen molar-refractivity contribution in [2.24, 2.45) is 11.7 Å². The van der Waals surface area contributed by atoms with Crippen molar-refractivity contribution in [3.63, 3.8) is 0 Å². The van der Waals surface area contributed by atoms with Crippen LogP contribution in [0.3, 0.4) is 0 Å². The van der Waals surface area contributed by atoms with Gasteiger partial charge in [0, 0.05) is 32.1 Å². The average Bonchev–Trinajstić information content (AvgIpc) is 2.64. The van der Waals surface area contributed by atoms with Crippen LogP contribution < -0.4 is 5.73 Å². The molecule has 1 unspecified atom stereocenters. The molecule has 1 heterocycles. The lowest BCUT2D eigenvalue weighted by molar-refractivity contribution is 0.336. The van der Waals surface area contributed by atoms with Crippen molar-refractivity contribution in [2.45, 2.75) is 39.5 Å². The number of nitrogens with zero attached hydrogens (tertiary/aromatic N) is 2. The summed E-state index contributed by atoms with van der Waals surface area (Å²) in [6.45, 7) is 5.51. The second-order valence-electron chi connectivity index (χ2n) is 5.13. The Labute approximate surface area is 116 Å². The molecule has 1 fully saturated rings. The van der Waals surface area contributed by atoms with Crippen LogP contribution in [0.4, 0.5) is 0 Å². The van der Waals surface area contributed by atoms with Gasteiger partial charge in [0.25, 0.3) is 10.2 Å². The third-order valence-corrected chi connectivity index (χ3v) is 5.66. The summed E-state index contributed by atoms with van der Waals surface area (Å²) in [5, 5.41) is 7.40. The molecule has 0 saturated carbocycles. The Morgan fingerprint density at radius 2 is 1.84 bits per heavy atom. The lowest BCUT2D eigenvalue weighted by Crippen LogP contribution is -2.47. The number of rotatable bonds is 6. The predicted octanol–water partition coefficient (Wildman–Crippen LogP) is 1.00. The minimum absolute atomic E-state index is 0.0320. The molecule has 1 aliphatic heterocycles. The largest absolute Gasteiger partial charge is 0.387 e. The molecular weight excluding hydrogens is 264 g/mol. The highest BCUT2D eigenvalue weighted by atomic mass is 32.2. The van der Waals surface area contributed by atoms with Crippen molar-refractivity contribution >= 4 is 16.0 Å². The second-order valence-corrected chi connectivity index (χ2v) is 7.06. The van der Waals surface area contributed by atoms with E-state index in [1.807, 2.05) is 6.92 Å². The lowest BCUT2D eigenvalue weighted by atomic mass is 10.1. The van der Waals surface area contributed by atoms with Gasteiger partial charge in [-0.05, 0) is 12.8 Å². The van der Waals surface area contributed by atoms with Gasteiger partial charge in [-0.15, -0.1) is 0 Å². The van der Waals surface area contributed by atoms with Gasteiger partial charge in [-0.3, -0.25) is 5.41 Å². The third kappa shape index (κ3) is 4.43. The van der Waals surface area contributed by atoms with Crippen LogP contribution in [-0.4, -0.2) is 49.0 Å². The molecule has 1 aliphatic rings. The lowest BCUT2D eigenvalue weighted by Gasteiger charge is -2.29. The molecule has 0 aliphatic carbocycles. The van der Waals surface area contributed by atoms with Crippen LogP contribution in [0.5, 0.6) is 0 Å². The van der Waals surface area contributed by atoms with E-state index in [0.717, 1.165) is 25.7 Å². The quantitative estimate of drug-likeness (QED) is 0.565. The van der Waals surface area contributed by atoms with Gasteiger partial charge >= 0.3 is 0 Å². The molecule has 19 heavy (non-hydrogen) atoms. The first-order chi connectivity index (χ1) is 8.89. The molecule has 6 nitrogen and oxygen atoms in total. The molecule has 0 aromatic carbocycles. The predicted molar refractivity (Wildman–Crippen MR) is 77.3 cm³/mol. The summed E-state index contributed by atoms with van der Waals surface area (Å²) in [4.78, 5) is 0. The minimum Gasteiger partial charge on any atom is -0.387 e. The fourth-order valence-corrected chi connectivity index (χ4v) is 4.01. The SMILES string of the molecule is CCN(CC(C)C(=N)N)S(=O)(=O)N1CCCCCC1. The normalized spacial score (nSPS) is 20.2. The van der Waals surface area contributed by atoms with Gasteiger partial charge in [0.05, 0.1) is 5.84 Å². The summed E-state index contributed by atoms with van der Waals surface area (Å²) in [5.74, 6) is -0.216. The molecule has 112 valence electrons. The Morgan fingerprint density at radius 3 is 2.26 bits per heavy atom. The number of hydrogen-bond donors (Lipinski definition) is 2. The van der Waals surface area contributed by atoms with E-state index in [1.165, 1.54) is 4.31 Å². The maximum absolute atomic E-state index is 12.6. The van der Waals surface area contributed by atoms with E-state index < -0.39 is 10.2 Å². The maximum Gasteiger partial charge on any atom is 0.281 e. The van der Waals surface area contributed by atoms with E-state index in [9.17, 15) is 8.42 Å². The van der Waals surface area contributed by atoms with Gasteiger partial charge in [0.15, 0.2) is 0 Å². The zero-order chi connectivity index (χ0) is 14.5. The zero-order valence-corrected chi connectivity index (χ0v) is 12.7. The fourth-order valence-electron chi connectivity index (χ4n) is 2.23. The molecule has 1 saturated heterocycles. The van der Waals surface area contributed by atoms with E-state index in [4.69, 9.17) is 11.1 Å². The summed E-state index contributed by atoms with van der Waals surface area (Å²) in [5.41, 5.74) is 5.43. The highest BCUT2D eigenvalue weighted by Gasteiger charge is 2.30. The van der Waals surface area contributed by atoms with E-state index >= 15 is 0 Å². The Kier molecular flexibility index (Phi) is 6.22. The monoisotopic (exact) mass is 290 g/mol. The van der Waals surface area contributed by atoms with Crippen LogP contribution in [0.15, 0.2) is 0 Å². The molecule has 7 heteroatoms. The average molecular weight is 290 g/mol. The van der Waals surface area contributed by atoms with Crippen molar-refractivity contribution in [1.29, 1.82) is 5.41 Å². The maximum atomic E-state index is 12.6. The van der Waals surface area contributed by atoms with Gasteiger partial charge in [-0.1, -0.05) is 26.7 Å². The number of nitrogens with two attached hydrogens (primary N) is 1. The number of amidine groups is 1. The van der Waals surface area contributed by atoms with Crippen LogP contribution in [0.2, 0.25) is 0 Å². The van der Waals surface area contributed by atoms with Crippen LogP contribution in [0.25, 0.3) is 0 Å². The topological polar surface area (TPSA) is 90.5 Å². The first kappa shape index (κ1) is 16.4. The fraction of sp³-hybridized carbons (Fsp3) is 0.917. The van der Waals surface area contributed by atoms with Crippen molar-refractivity contribution < 1.29 is 8.42 Å². The first-order valence-corrected chi connectivity index (χ1v) is 8.38. The summed E-state index contributed by atoms with van der Waals surface area (Å²) in [7, 11) is -3.41. The van der Waals surface area contributed by atoms with Gasteiger partial charge in [-0.2, -0.15) is 17.0 Å². The Morgan fingerprint density at radius 1 is 1.32 bits per heavy atom. The van der Waals surface area contributed by atoms with Crippen molar-refractivity contribution in [1.82, 2.24) is 8.61 Å². The molecule has 0 bridgehead atoms. The van der Waals surface area contributed by atoms with Gasteiger partial charge in [-0.25, -0.2) is 0 Å². The van der Waals surface area contributed by atoms with Crippen LogP contribution >= 0.6 is 0 Å². The number of nitrogens with one attached hydrogen (secondary N) is 1. The molecular formula is C12H26N4O2S. The Bertz CT molecular complexity index is 389. The molecule has 0 aromatic heterocycles. The highest BCUT2D eigenvalue weighted by molar-refractivity contribution is 7.86. The van der Waals surface area contributed by atoms with Crippen molar-refractivity contribution in [2.75, 3.05) is 26.2 Å². The Hall–Kier alpha value is -0.660. The molecule has 3 N–H and O–H groups in total. The molecule has 0 aromatic rings. The summed E-state index contributed by atoms with van der Waals surface area (Å²) in [6, 6.07) is 0. The number of hydrogen-bond acceptors (Lipinski definition) is 3. The first-order valence-electron chi connectivity index (χ1n) is 6.98. The van der Waals surface area contributed by atoms with Crippen LogP contribution in [0.1, 0.15) is 39.5 Å². The zero-order valence-electron chi connectivity index (χ0n) is 11.9. The minimum atomic E-state index is -3.41. The molecule has 1 atom stereocenters. The van der Waals surface area contributed by atoms with E-state index in [1.54, 1.807) is 11.2 Å². The summed E-state index contributed by atoms with van der Waals surface area (Å²) in [6.07, 6.45) is 4.06.